The number of aromatic hydroxyl groups is 2. The number of hydrogen-bond acceptors (Lipinski definition) is 21. The summed E-state index contributed by atoms with van der Waals surface area (Å²) < 4.78 is 0.709. The van der Waals surface area contributed by atoms with Gasteiger partial charge < -0.3 is 93.4 Å². The number of para-hydroxylation sites is 1. The summed E-state index contributed by atoms with van der Waals surface area (Å²) in [5.41, 5.74) is 8.48. The zero-order valence-electron chi connectivity index (χ0n) is 73.9. The number of aromatic nitrogens is 1. The van der Waals surface area contributed by atoms with Crippen molar-refractivity contribution in [3.63, 3.8) is 0 Å². The van der Waals surface area contributed by atoms with Crippen LogP contribution < -0.4 is 53.6 Å². The van der Waals surface area contributed by atoms with Crippen LogP contribution in [0.5, 0.6) is 11.5 Å². The summed E-state index contributed by atoms with van der Waals surface area (Å²) >= 11 is 2.02. The Morgan fingerprint density at radius 1 is 0.465 bits per heavy atom. The lowest BCUT2D eigenvalue weighted by molar-refractivity contribution is -0.151. The predicted molar refractivity (Wildman–Crippen MR) is 483 cm³/mol. The SMILES string of the molecule is CCCC[C@H]1C(=O)N(C)CC(=O)N[C@@H](CC(=O)O)C(=O)N[C@@H](C(C)C)C(=O)N(C)[C@@H](Cc2ccccc2)C(=O)N[C@@H](Cc2ccc(O)cc2)C(=O)N(C)CC(=O)N[C@@H](Cc2nc3ccccc3s2)C(=O)N[C@@H](Cc2ccc(O)cc2)C(=O)N[C@@H](CC(C)C)C(=O)N[C@H](C(=O)NCC(N)=O)CSCC(=O)N[C@@H](Cc2ccccc2)C(=O)N(C)[C@@H](Cc2ccccc2)C(=O)N1C. The monoisotopic (exact) mass is 1810 g/mol. The van der Waals surface area contributed by atoms with Crippen molar-refractivity contribution in [2.24, 2.45) is 17.6 Å². The summed E-state index contributed by atoms with van der Waals surface area (Å²) in [6.45, 7) is 6.15. The van der Waals surface area contributed by atoms with Crippen molar-refractivity contribution in [2.75, 3.05) is 66.4 Å². The van der Waals surface area contributed by atoms with Crippen LogP contribution in [-0.2, 0) is 115 Å². The number of carboxylic acid groups (broad SMARTS) is 1. The number of rotatable bonds is 23. The molecule has 0 unspecified atom stereocenters. The van der Waals surface area contributed by atoms with Crippen LogP contribution in [0, 0.1) is 11.8 Å². The molecule has 2 heterocycles. The number of phenolic OH excluding ortho intramolecular Hbond substituents is 2. The van der Waals surface area contributed by atoms with Crippen molar-refractivity contribution < 1.29 is 92.0 Å². The van der Waals surface area contributed by atoms with Gasteiger partial charge in [0.25, 0.3) is 0 Å². The Balaban J connectivity index is 1.21. The van der Waals surface area contributed by atoms with Crippen LogP contribution in [0.2, 0.25) is 0 Å². The highest BCUT2D eigenvalue weighted by Gasteiger charge is 2.42. The Hall–Kier alpha value is -13.3. The van der Waals surface area contributed by atoms with Crippen molar-refractivity contribution >= 4 is 128 Å². The van der Waals surface area contributed by atoms with Gasteiger partial charge in [-0.15, -0.1) is 23.1 Å². The number of benzene rings is 6. The molecular formula is C92H116N16O19S2. The lowest BCUT2D eigenvalue weighted by atomic mass is 9.98. The molecular weight excluding hydrogens is 1700 g/mol. The molecule has 129 heavy (non-hydrogen) atoms. The number of hydrogen-bond donors (Lipinski definition) is 13. The highest BCUT2D eigenvalue weighted by Crippen LogP contribution is 2.26. The second-order valence-electron chi connectivity index (χ2n) is 32.8. The van der Waals surface area contributed by atoms with Crippen molar-refractivity contribution in [2.45, 2.75) is 172 Å². The number of phenols is 2. The van der Waals surface area contributed by atoms with Gasteiger partial charge >= 0.3 is 5.97 Å². The van der Waals surface area contributed by atoms with Crippen molar-refractivity contribution in [3.05, 3.63) is 197 Å². The van der Waals surface area contributed by atoms with Crippen LogP contribution in [-0.4, -0.2) is 272 Å². The van der Waals surface area contributed by atoms with E-state index in [0.29, 0.717) is 55.9 Å². The second kappa shape index (κ2) is 49.1. The van der Waals surface area contributed by atoms with E-state index in [-0.39, 0.29) is 74.5 Å². The molecule has 1 fully saturated rings. The minimum Gasteiger partial charge on any atom is -0.508 e. The van der Waals surface area contributed by atoms with Crippen LogP contribution in [0.3, 0.4) is 0 Å². The first-order valence-corrected chi connectivity index (χ1v) is 44.4. The quantitative estimate of drug-likeness (QED) is 0.0437. The zero-order chi connectivity index (χ0) is 94.3. The number of primary amides is 1. The molecule has 37 heteroatoms. The molecule has 35 nitrogen and oxygen atoms in total. The summed E-state index contributed by atoms with van der Waals surface area (Å²) in [7, 11) is 6.53. The fourth-order valence-electron chi connectivity index (χ4n) is 14.6. The highest BCUT2D eigenvalue weighted by atomic mass is 32.2. The third-order valence-electron chi connectivity index (χ3n) is 21.7. The Kier molecular flexibility index (Phi) is 38.5. The molecule has 8 rings (SSSR count). The highest BCUT2D eigenvalue weighted by molar-refractivity contribution is 8.00. The summed E-state index contributed by atoms with van der Waals surface area (Å²) in [5, 5.41) is 55.2. The summed E-state index contributed by atoms with van der Waals surface area (Å²) in [5.74, 6) is -17.5. The van der Waals surface area contributed by atoms with E-state index in [2.05, 4.69) is 47.9 Å². The largest absolute Gasteiger partial charge is 0.508 e. The van der Waals surface area contributed by atoms with Gasteiger partial charge in [-0.1, -0.05) is 175 Å². The number of carboxylic acids is 1. The predicted octanol–water partition coefficient (Wildman–Crippen LogP) is 2.45. The molecule has 0 aliphatic carbocycles. The Labute approximate surface area is 757 Å². The molecule has 0 saturated carbocycles. The molecule has 690 valence electrons. The molecule has 14 N–H and O–H groups in total. The van der Waals surface area contributed by atoms with Crippen LogP contribution in [0.15, 0.2) is 164 Å². The topological polar surface area (TPSA) is 497 Å². The van der Waals surface area contributed by atoms with E-state index in [4.69, 9.17) is 10.7 Å². The van der Waals surface area contributed by atoms with Gasteiger partial charge in [0.2, 0.25) is 88.6 Å². The third kappa shape index (κ3) is 31.0. The molecule has 1 saturated heterocycles. The number of unbranched alkanes of at least 4 members (excludes halogenated alkanes) is 1. The molecule has 15 amide bonds. The summed E-state index contributed by atoms with van der Waals surface area (Å²) in [6, 6.07) is 27.1. The molecule has 11 atom stereocenters. The maximum absolute atomic E-state index is 15.5. The fourth-order valence-corrected chi connectivity index (χ4v) is 16.5. The molecule has 6 aromatic carbocycles. The number of likely N-dealkylation sites (N-methyl/N-ethyl adjacent to an activating group) is 5. The number of nitrogens with zero attached hydrogens (tertiary/aromatic N) is 6. The van der Waals surface area contributed by atoms with Gasteiger partial charge in [0.05, 0.1) is 47.0 Å². The van der Waals surface area contributed by atoms with Gasteiger partial charge in [0.15, 0.2) is 0 Å². The Morgan fingerprint density at radius 3 is 1.43 bits per heavy atom. The number of thiazole rings is 1. The number of fused-ring (bicyclic) bond motifs is 1. The van der Waals surface area contributed by atoms with Gasteiger partial charge in [0.1, 0.15) is 78.0 Å². The van der Waals surface area contributed by atoms with E-state index < -0.39 is 199 Å². The van der Waals surface area contributed by atoms with Crippen LogP contribution >= 0.6 is 23.1 Å². The average molecular weight is 1810 g/mol. The fraction of sp³-hybridized carbons (Fsp3) is 0.424. The normalized spacial score (nSPS) is 21.9. The minimum atomic E-state index is -1.91. The molecule has 0 spiro atoms. The summed E-state index contributed by atoms with van der Waals surface area (Å²) in [6.07, 6.45) is -1.61. The van der Waals surface area contributed by atoms with E-state index in [1.165, 1.54) is 105 Å². The van der Waals surface area contributed by atoms with E-state index in [1.807, 2.05) is 6.92 Å². The first kappa shape index (κ1) is 101. The summed E-state index contributed by atoms with van der Waals surface area (Å²) in [4.78, 5) is 245. The number of amides is 15. The van der Waals surface area contributed by atoms with Crippen LogP contribution in [0.4, 0.5) is 0 Å². The van der Waals surface area contributed by atoms with Crippen molar-refractivity contribution in [1.82, 2.24) is 77.3 Å². The Bertz CT molecular complexity index is 5040. The minimum absolute atomic E-state index is 0.0294. The maximum Gasteiger partial charge on any atom is 0.305 e. The first-order chi connectivity index (χ1) is 61.4. The first-order valence-electron chi connectivity index (χ1n) is 42.4. The lowest BCUT2D eigenvalue weighted by Crippen LogP contribution is -2.61. The maximum atomic E-state index is 15.5. The van der Waals surface area contributed by atoms with Crippen LogP contribution in [0.1, 0.15) is 99.5 Å². The van der Waals surface area contributed by atoms with E-state index >= 15 is 33.6 Å². The third-order valence-corrected chi connectivity index (χ3v) is 23.8. The molecule has 0 radical (unpaired) electrons. The van der Waals surface area contributed by atoms with Crippen molar-refractivity contribution in [1.29, 1.82) is 0 Å². The average Bonchev–Trinajstić information content (AvgIpc) is 1.53. The standard InChI is InChI=1S/C92H116N16O19S2/c1-11-12-31-71-90(125)105(7)51-77(113)96-67(48-80(115)116)86(121)103-81(55(4)5)92(127)107(9)72(45-57-26-18-14-19-27-57)87(122)101-68(44-60-35-39-62(110)40-36-60)88(123)104(6)50-76(112)95-66(47-79-98-63-30-22-23-32-74(63)129-79)85(120)100-65(42-59-33-37-61(109)38-34-59)84(119)99-64(41-54(2)3)83(118)102-70(82(117)94-49-75(93)111)52-128-53-78(114)97-69(43-56-24-16-13-17-25-56)89(124)108(10)73(91(126)106(71)8)46-58-28-20-15-21-29-58/h13-30,32-40,54-55,64-73,81,109-110H,11-12,31,41-53H2,1-10H3,(H2,93,111)(H,94,117)(H,95,112)(H,96,113)(H,97,114)(H,99,119)(H,100,120)(H,101,122)(H,102,118)(H,103,121)(H,115,116)/t64-,65-,66-,67-,68-,69-,70-,71-,72-,73-,81-/m0/s1. The smallest absolute Gasteiger partial charge is 0.305 e. The van der Waals surface area contributed by atoms with E-state index in [1.54, 1.807) is 143 Å². The Morgan fingerprint density at radius 2 is 0.907 bits per heavy atom. The van der Waals surface area contributed by atoms with E-state index in [0.717, 1.165) is 26.5 Å². The number of aliphatic carboxylic acids is 1. The number of thioether (sulfide) groups is 1. The molecule has 0 bridgehead atoms. The van der Waals surface area contributed by atoms with Gasteiger partial charge in [0, 0.05) is 79.5 Å². The number of carbonyl (C=O) groups excluding carboxylic acids is 15. The van der Waals surface area contributed by atoms with Gasteiger partial charge in [-0.2, -0.15) is 0 Å². The van der Waals surface area contributed by atoms with Crippen LogP contribution in [0.25, 0.3) is 10.2 Å². The van der Waals surface area contributed by atoms with E-state index in [9.17, 15) is 58.5 Å². The molecule has 1 aromatic heterocycles. The molecule has 1 aliphatic heterocycles. The van der Waals surface area contributed by atoms with Gasteiger partial charge in [-0.05, 0) is 88.9 Å². The number of nitrogens with two attached hydrogens (primary N) is 1. The molecule has 1 aliphatic rings. The number of carbonyl (C=O) groups is 16. The van der Waals surface area contributed by atoms with Crippen molar-refractivity contribution in [3.8, 4) is 11.5 Å². The zero-order valence-corrected chi connectivity index (χ0v) is 75.5. The lowest BCUT2D eigenvalue weighted by Gasteiger charge is -2.37. The number of nitrogens with one attached hydrogen (secondary N) is 9. The molecule has 7 aromatic rings. The van der Waals surface area contributed by atoms with Gasteiger partial charge in [-0.25, -0.2) is 4.98 Å². The second-order valence-corrected chi connectivity index (χ2v) is 34.9. The van der Waals surface area contributed by atoms with Gasteiger partial charge in [-0.3, -0.25) is 76.7 Å².